The highest BCUT2D eigenvalue weighted by molar-refractivity contribution is 7.90. The van der Waals surface area contributed by atoms with Crippen molar-refractivity contribution in [2.24, 2.45) is 10.9 Å². The van der Waals surface area contributed by atoms with Gasteiger partial charge in [-0.05, 0) is 63.1 Å². The summed E-state index contributed by atoms with van der Waals surface area (Å²) in [5, 5.41) is 2.95. The molecule has 0 radical (unpaired) electrons. The van der Waals surface area contributed by atoms with Crippen molar-refractivity contribution < 1.29 is 13.2 Å². The van der Waals surface area contributed by atoms with E-state index in [2.05, 4.69) is 40.7 Å². The second kappa shape index (κ2) is 9.73. The van der Waals surface area contributed by atoms with Crippen LogP contribution in [0.4, 0.5) is 11.4 Å². The molecule has 2 N–H and O–H groups in total. The summed E-state index contributed by atoms with van der Waals surface area (Å²) in [4.78, 5) is 20.2. The van der Waals surface area contributed by atoms with Crippen molar-refractivity contribution in [2.45, 2.75) is 58.0 Å². The van der Waals surface area contributed by atoms with Gasteiger partial charge in [0.25, 0.3) is 10.0 Å². The first-order valence-corrected chi connectivity index (χ1v) is 12.5. The summed E-state index contributed by atoms with van der Waals surface area (Å²) in [5.41, 5.74) is 2.27. The van der Waals surface area contributed by atoms with Gasteiger partial charge in [0.2, 0.25) is 5.91 Å². The number of nitrogens with zero attached hydrogens (tertiary/aromatic N) is 2. The number of amides is 1. The molecule has 0 spiro atoms. The standard InChI is InChI=1S/C24H32N4O3S/c1-6-17(5)22(26-23-20-10-8-9-11-21(20)32(30,31)27-23)24(29)25-18-12-14-19(15-13-18)28(7-2)16(3)4/h8-17,22H,6-7H2,1-5H3,(H,25,29)(H,26,27)/t17-,22-/m0/s1. The fourth-order valence-electron chi connectivity index (χ4n) is 3.83. The van der Waals surface area contributed by atoms with Crippen molar-refractivity contribution in [3.63, 3.8) is 0 Å². The second-order valence-corrected chi connectivity index (χ2v) is 9.98. The van der Waals surface area contributed by atoms with Crippen LogP contribution in [0, 0.1) is 5.92 Å². The van der Waals surface area contributed by atoms with Gasteiger partial charge in [-0.3, -0.25) is 14.5 Å². The lowest BCUT2D eigenvalue weighted by molar-refractivity contribution is -0.118. The van der Waals surface area contributed by atoms with Gasteiger partial charge in [-0.25, -0.2) is 8.42 Å². The molecular formula is C24H32N4O3S. The van der Waals surface area contributed by atoms with E-state index in [1.54, 1.807) is 18.2 Å². The van der Waals surface area contributed by atoms with Gasteiger partial charge in [-0.2, -0.15) is 0 Å². The van der Waals surface area contributed by atoms with Gasteiger partial charge < -0.3 is 10.2 Å². The van der Waals surface area contributed by atoms with E-state index in [-0.39, 0.29) is 22.6 Å². The molecule has 7 nitrogen and oxygen atoms in total. The summed E-state index contributed by atoms with van der Waals surface area (Å²) in [6.07, 6.45) is 0.724. The summed E-state index contributed by atoms with van der Waals surface area (Å²) < 4.78 is 27.3. The topological polar surface area (TPSA) is 90.9 Å². The highest BCUT2D eigenvalue weighted by Gasteiger charge is 2.33. The Morgan fingerprint density at radius 1 is 1.06 bits per heavy atom. The normalized spacial score (nSPS) is 17.5. The number of aliphatic imine (C=N–C) groups is 1. The van der Waals surface area contributed by atoms with Crippen LogP contribution in [0.25, 0.3) is 0 Å². The summed E-state index contributed by atoms with van der Waals surface area (Å²) in [6.45, 7) is 11.2. The summed E-state index contributed by atoms with van der Waals surface area (Å²) in [5.74, 6) is -0.123. The number of fused-ring (bicyclic) bond motifs is 1. The first-order valence-electron chi connectivity index (χ1n) is 11.1. The van der Waals surface area contributed by atoms with E-state index in [9.17, 15) is 13.2 Å². The zero-order chi connectivity index (χ0) is 23.5. The van der Waals surface area contributed by atoms with Gasteiger partial charge >= 0.3 is 0 Å². The van der Waals surface area contributed by atoms with E-state index < -0.39 is 16.1 Å². The number of rotatable bonds is 8. The van der Waals surface area contributed by atoms with Crippen LogP contribution < -0.4 is 14.9 Å². The van der Waals surface area contributed by atoms with Gasteiger partial charge in [-0.1, -0.05) is 32.4 Å². The highest BCUT2D eigenvalue weighted by Crippen LogP contribution is 2.25. The minimum Gasteiger partial charge on any atom is -0.369 e. The maximum atomic E-state index is 13.2. The molecule has 2 aromatic carbocycles. The molecular weight excluding hydrogens is 424 g/mol. The Kier molecular flexibility index (Phi) is 7.23. The zero-order valence-corrected chi connectivity index (χ0v) is 20.1. The lowest BCUT2D eigenvalue weighted by atomic mass is 9.98. The quantitative estimate of drug-likeness (QED) is 0.628. The van der Waals surface area contributed by atoms with E-state index in [1.165, 1.54) is 6.07 Å². The third-order valence-corrected chi connectivity index (χ3v) is 7.21. The molecule has 1 heterocycles. The molecule has 8 heteroatoms. The lowest BCUT2D eigenvalue weighted by Crippen LogP contribution is -2.35. The van der Waals surface area contributed by atoms with Gasteiger partial charge in [0, 0.05) is 29.5 Å². The van der Waals surface area contributed by atoms with Crippen LogP contribution in [-0.4, -0.2) is 38.8 Å². The van der Waals surface area contributed by atoms with Gasteiger partial charge in [0.15, 0.2) is 0 Å². The Morgan fingerprint density at radius 3 is 2.31 bits per heavy atom. The van der Waals surface area contributed by atoms with Crippen LogP contribution in [0.5, 0.6) is 0 Å². The van der Waals surface area contributed by atoms with Crippen molar-refractivity contribution in [3.05, 3.63) is 54.1 Å². The Balaban J connectivity index is 1.85. The Labute approximate surface area is 191 Å². The number of carbonyl (C=O) groups is 1. The molecule has 1 aliphatic heterocycles. The average molecular weight is 457 g/mol. The molecule has 0 saturated carbocycles. The van der Waals surface area contributed by atoms with Gasteiger partial charge in [0.1, 0.15) is 11.9 Å². The number of nitrogens with one attached hydrogen (secondary N) is 2. The molecule has 2 aromatic rings. The molecule has 3 rings (SSSR count). The molecule has 0 fully saturated rings. The smallest absolute Gasteiger partial charge is 0.263 e. The highest BCUT2D eigenvalue weighted by atomic mass is 32.2. The van der Waals surface area contributed by atoms with Crippen LogP contribution in [-0.2, 0) is 14.8 Å². The molecule has 1 aliphatic rings. The zero-order valence-electron chi connectivity index (χ0n) is 19.3. The van der Waals surface area contributed by atoms with E-state index in [1.807, 2.05) is 38.1 Å². The maximum absolute atomic E-state index is 13.2. The minimum atomic E-state index is -3.66. The van der Waals surface area contributed by atoms with Crippen LogP contribution in [0.15, 0.2) is 58.4 Å². The first kappa shape index (κ1) is 23.8. The maximum Gasteiger partial charge on any atom is 0.263 e. The number of hydrogen-bond acceptors (Lipinski definition) is 5. The van der Waals surface area contributed by atoms with Crippen molar-refractivity contribution >= 4 is 33.1 Å². The first-order chi connectivity index (χ1) is 15.2. The predicted octanol–water partition coefficient (Wildman–Crippen LogP) is 4.01. The van der Waals surface area contributed by atoms with Crippen LogP contribution in [0.3, 0.4) is 0 Å². The molecule has 0 aliphatic carbocycles. The van der Waals surface area contributed by atoms with E-state index >= 15 is 0 Å². The Morgan fingerprint density at radius 2 is 1.72 bits per heavy atom. The monoisotopic (exact) mass is 456 g/mol. The average Bonchev–Trinajstić information content (AvgIpc) is 3.03. The SMILES string of the molecule is CC[C@H](C)[C@H](N=C1NS(=O)(=O)c2ccccc21)C(=O)Nc1ccc(N(CC)C(C)C)cc1. The number of hydrogen-bond donors (Lipinski definition) is 2. The minimum absolute atomic E-state index is 0.0736. The molecule has 32 heavy (non-hydrogen) atoms. The van der Waals surface area contributed by atoms with Crippen LogP contribution in [0.1, 0.15) is 46.6 Å². The molecule has 0 bridgehead atoms. The fraction of sp³-hybridized carbons (Fsp3) is 0.417. The second-order valence-electron chi connectivity index (χ2n) is 8.33. The summed E-state index contributed by atoms with van der Waals surface area (Å²) in [6, 6.07) is 14.1. The van der Waals surface area contributed by atoms with Crippen molar-refractivity contribution in [3.8, 4) is 0 Å². The Hall–Kier alpha value is -2.87. The largest absolute Gasteiger partial charge is 0.369 e. The number of benzene rings is 2. The van der Waals surface area contributed by atoms with E-state index in [0.29, 0.717) is 17.3 Å². The molecule has 0 saturated heterocycles. The molecule has 0 aromatic heterocycles. The molecule has 2 atom stereocenters. The predicted molar refractivity (Wildman–Crippen MR) is 130 cm³/mol. The third-order valence-electron chi connectivity index (χ3n) is 5.81. The lowest BCUT2D eigenvalue weighted by Gasteiger charge is -2.27. The van der Waals surface area contributed by atoms with Gasteiger partial charge in [-0.15, -0.1) is 0 Å². The molecule has 1 amide bonds. The van der Waals surface area contributed by atoms with E-state index in [4.69, 9.17) is 0 Å². The fourth-order valence-corrected chi connectivity index (χ4v) is 5.07. The number of amidine groups is 1. The number of anilines is 2. The van der Waals surface area contributed by atoms with E-state index in [0.717, 1.165) is 18.7 Å². The number of sulfonamides is 1. The third kappa shape index (κ3) is 4.96. The molecule has 0 unspecified atom stereocenters. The summed E-state index contributed by atoms with van der Waals surface area (Å²) >= 11 is 0. The van der Waals surface area contributed by atoms with Crippen molar-refractivity contribution in [2.75, 3.05) is 16.8 Å². The van der Waals surface area contributed by atoms with Crippen LogP contribution >= 0.6 is 0 Å². The van der Waals surface area contributed by atoms with Crippen LogP contribution in [0.2, 0.25) is 0 Å². The molecule has 172 valence electrons. The van der Waals surface area contributed by atoms with Gasteiger partial charge in [0.05, 0.1) is 4.90 Å². The Bertz CT molecular complexity index is 1090. The van der Waals surface area contributed by atoms with Crippen molar-refractivity contribution in [1.82, 2.24) is 4.72 Å². The summed E-state index contributed by atoms with van der Waals surface area (Å²) in [7, 11) is -3.66. The van der Waals surface area contributed by atoms with Crippen molar-refractivity contribution in [1.29, 1.82) is 0 Å². The number of carbonyl (C=O) groups excluding carboxylic acids is 1.